The van der Waals surface area contributed by atoms with Crippen molar-refractivity contribution < 1.29 is 9.63 Å². The summed E-state index contributed by atoms with van der Waals surface area (Å²) >= 11 is 1.43. The number of hydrogen-bond acceptors (Lipinski definition) is 4. The lowest BCUT2D eigenvalue weighted by atomic mass is 9.62. The smallest absolute Gasteiger partial charge is 0.366 e. The molecule has 1 aliphatic rings. The molecule has 1 aliphatic carbocycles. The second-order valence-corrected chi connectivity index (χ2v) is 10.4. The van der Waals surface area contributed by atoms with Gasteiger partial charge in [0, 0.05) is 4.88 Å². The van der Waals surface area contributed by atoms with Crippen LogP contribution in [0.25, 0.3) is 5.57 Å². The predicted octanol–water partition coefficient (Wildman–Crippen LogP) is 6.08. The third-order valence-corrected chi connectivity index (χ3v) is 7.35. The van der Waals surface area contributed by atoms with Crippen molar-refractivity contribution in [3.8, 4) is 0 Å². The topological polar surface area (TPSA) is 52.3 Å². The number of carbonyl (C=O) groups excluding carboxylic acids is 1. The Morgan fingerprint density at radius 2 is 1.75 bits per heavy atom. The van der Waals surface area contributed by atoms with Crippen LogP contribution in [0.1, 0.15) is 83.8 Å². The molecule has 0 bridgehead atoms. The van der Waals surface area contributed by atoms with Crippen LogP contribution in [-0.4, -0.2) is 5.97 Å². The third kappa shape index (κ3) is 3.94. The Balaban J connectivity index is 1.83. The van der Waals surface area contributed by atoms with Crippen LogP contribution in [0.2, 0.25) is 0 Å². The van der Waals surface area contributed by atoms with E-state index in [4.69, 9.17) is 5.90 Å². The highest BCUT2D eigenvalue weighted by Gasteiger charge is 2.37. The van der Waals surface area contributed by atoms with Crippen molar-refractivity contribution in [1.82, 2.24) is 0 Å². The van der Waals surface area contributed by atoms with Crippen molar-refractivity contribution in [1.29, 1.82) is 0 Å². The van der Waals surface area contributed by atoms with E-state index in [-0.39, 0.29) is 10.8 Å². The number of fused-ring (bicyclic) bond motifs is 1. The molecule has 1 aromatic carbocycles. The van der Waals surface area contributed by atoms with Gasteiger partial charge in [-0.2, -0.15) is 5.90 Å². The molecular formula is C24H31NO2S. The summed E-state index contributed by atoms with van der Waals surface area (Å²) < 4.78 is 0. The molecule has 0 radical (unpaired) electrons. The van der Waals surface area contributed by atoms with E-state index in [0.29, 0.717) is 4.88 Å². The molecule has 0 spiro atoms. The molecule has 0 saturated carbocycles. The number of carbonyl (C=O) groups is 1. The Bertz CT molecular complexity index is 921. The van der Waals surface area contributed by atoms with Gasteiger partial charge in [0.15, 0.2) is 0 Å². The van der Waals surface area contributed by atoms with E-state index in [1.807, 2.05) is 6.07 Å². The predicted molar refractivity (Wildman–Crippen MR) is 118 cm³/mol. The van der Waals surface area contributed by atoms with Gasteiger partial charge in [-0.3, -0.25) is 0 Å². The van der Waals surface area contributed by atoms with E-state index in [1.54, 1.807) is 6.07 Å². The molecule has 0 saturated heterocycles. The molecule has 150 valence electrons. The van der Waals surface area contributed by atoms with E-state index < -0.39 is 5.97 Å². The molecule has 1 aromatic heterocycles. The molecular weight excluding hydrogens is 366 g/mol. The second-order valence-electron chi connectivity index (χ2n) is 9.26. The van der Waals surface area contributed by atoms with Crippen molar-refractivity contribution in [2.24, 2.45) is 5.90 Å². The number of benzene rings is 1. The van der Waals surface area contributed by atoms with Gasteiger partial charge >= 0.3 is 5.97 Å². The summed E-state index contributed by atoms with van der Waals surface area (Å²) in [6.45, 7) is 16.0. The quantitative estimate of drug-likeness (QED) is 0.622. The minimum atomic E-state index is -0.481. The molecule has 0 aliphatic heterocycles. The largest absolute Gasteiger partial charge is 0.369 e. The van der Waals surface area contributed by atoms with Gasteiger partial charge in [0.25, 0.3) is 0 Å². The minimum Gasteiger partial charge on any atom is -0.369 e. The first kappa shape index (κ1) is 20.8. The van der Waals surface area contributed by atoms with Crippen LogP contribution in [0, 0.1) is 6.92 Å². The summed E-state index contributed by atoms with van der Waals surface area (Å²) in [6, 6.07) is 8.51. The lowest BCUT2D eigenvalue weighted by molar-refractivity contribution is 0.0509. The van der Waals surface area contributed by atoms with Gasteiger partial charge in [-0.1, -0.05) is 46.4 Å². The second kappa shape index (κ2) is 7.49. The lowest BCUT2D eigenvalue weighted by Gasteiger charge is -2.42. The molecule has 3 rings (SSSR count). The summed E-state index contributed by atoms with van der Waals surface area (Å²) in [6.07, 6.45) is 4.14. The summed E-state index contributed by atoms with van der Waals surface area (Å²) in [5, 5.41) is 0. The number of hydrogen-bond donors (Lipinski definition) is 1. The van der Waals surface area contributed by atoms with Crippen LogP contribution >= 0.6 is 11.3 Å². The van der Waals surface area contributed by atoms with Crippen LogP contribution in [0.5, 0.6) is 0 Å². The van der Waals surface area contributed by atoms with E-state index in [2.05, 4.69) is 58.2 Å². The molecule has 28 heavy (non-hydrogen) atoms. The number of allylic oxidation sites excluding steroid dienone is 1. The molecule has 2 N–H and O–H groups in total. The SMILES string of the molecule is C=C(CCc1ccc(C(=O)ON)s1)c1cc2c(cc1C)C(C)(C)CCC2(C)C. The average Bonchev–Trinajstić information content (AvgIpc) is 3.11. The maximum atomic E-state index is 11.5. The van der Waals surface area contributed by atoms with Crippen molar-refractivity contribution in [2.45, 2.75) is 71.1 Å². The highest BCUT2D eigenvalue weighted by Crippen LogP contribution is 2.47. The number of aryl methyl sites for hydroxylation is 2. The molecule has 2 aromatic rings. The van der Waals surface area contributed by atoms with E-state index in [9.17, 15) is 4.79 Å². The third-order valence-electron chi connectivity index (χ3n) is 6.22. The van der Waals surface area contributed by atoms with Crippen LogP contribution in [-0.2, 0) is 22.1 Å². The Kier molecular flexibility index (Phi) is 5.57. The molecule has 1 heterocycles. The van der Waals surface area contributed by atoms with Gasteiger partial charge < -0.3 is 4.84 Å². The highest BCUT2D eigenvalue weighted by molar-refractivity contribution is 7.13. The van der Waals surface area contributed by atoms with Gasteiger partial charge in [0.05, 0.1) is 0 Å². The summed E-state index contributed by atoms with van der Waals surface area (Å²) in [5.41, 5.74) is 7.08. The van der Waals surface area contributed by atoms with Crippen LogP contribution < -0.4 is 5.90 Å². The molecule has 3 nitrogen and oxygen atoms in total. The van der Waals surface area contributed by atoms with Crippen LogP contribution in [0.4, 0.5) is 0 Å². The molecule has 4 heteroatoms. The summed E-state index contributed by atoms with van der Waals surface area (Å²) in [5.74, 6) is 4.49. The number of nitrogens with two attached hydrogens (primary N) is 1. The van der Waals surface area contributed by atoms with Crippen LogP contribution in [0.15, 0.2) is 30.8 Å². The molecule has 0 atom stereocenters. The van der Waals surface area contributed by atoms with Gasteiger partial charge in [-0.25, -0.2) is 4.79 Å². The van der Waals surface area contributed by atoms with Crippen molar-refractivity contribution in [2.75, 3.05) is 0 Å². The van der Waals surface area contributed by atoms with Crippen molar-refractivity contribution >= 4 is 22.9 Å². The van der Waals surface area contributed by atoms with Crippen molar-refractivity contribution in [3.05, 3.63) is 62.9 Å². The number of thiophene rings is 1. The normalized spacial score (nSPS) is 17.1. The first-order valence-electron chi connectivity index (χ1n) is 9.89. The lowest BCUT2D eigenvalue weighted by Crippen LogP contribution is -2.34. The summed E-state index contributed by atoms with van der Waals surface area (Å²) in [7, 11) is 0. The maximum Gasteiger partial charge on any atom is 0.366 e. The van der Waals surface area contributed by atoms with Gasteiger partial charge in [-0.15, -0.1) is 11.3 Å². The monoisotopic (exact) mass is 397 g/mol. The van der Waals surface area contributed by atoms with Gasteiger partial charge in [0.2, 0.25) is 0 Å². The van der Waals surface area contributed by atoms with E-state index in [1.165, 1.54) is 46.4 Å². The van der Waals surface area contributed by atoms with E-state index in [0.717, 1.165) is 23.3 Å². The standard InChI is InChI=1S/C24H31NO2S/c1-15(7-8-17-9-10-21(28-17)22(26)27-25)18-14-20-19(13-16(18)2)23(3,4)11-12-24(20,5)6/h9-10,13-14H,1,7-8,11-12,25H2,2-6H3. The zero-order valence-corrected chi connectivity index (χ0v) is 18.5. The van der Waals surface area contributed by atoms with Crippen LogP contribution in [0.3, 0.4) is 0 Å². The minimum absolute atomic E-state index is 0.193. The Labute approximate surface area is 172 Å². The molecule has 0 fully saturated rings. The first-order valence-corrected chi connectivity index (χ1v) is 10.7. The first-order chi connectivity index (χ1) is 13.0. The fourth-order valence-corrected chi connectivity index (χ4v) is 5.08. The fraction of sp³-hybridized carbons (Fsp3) is 0.458. The highest BCUT2D eigenvalue weighted by atomic mass is 32.1. The fourth-order valence-electron chi connectivity index (χ4n) is 4.19. The van der Waals surface area contributed by atoms with Gasteiger partial charge in [-0.05, 0) is 83.4 Å². The Morgan fingerprint density at radius 1 is 1.14 bits per heavy atom. The number of rotatable bonds is 5. The summed E-state index contributed by atoms with van der Waals surface area (Å²) in [4.78, 5) is 17.5. The van der Waals surface area contributed by atoms with E-state index >= 15 is 0 Å². The Hall–Kier alpha value is -1.91. The maximum absolute atomic E-state index is 11.5. The molecule has 0 amide bonds. The Morgan fingerprint density at radius 3 is 2.36 bits per heavy atom. The van der Waals surface area contributed by atoms with Gasteiger partial charge in [0.1, 0.15) is 4.88 Å². The van der Waals surface area contributed by atoms with Crippen molar-refractivity contribution in [3.63, 3.8) is 0 Å². The average molecular weight is 398 g/mol. The zero-order valence-electron chi connectivity index (χ0n) is 17.6. The zero-order chi connectivity index (χ0) is 20.7. The molecule has 0 unspecified atom stereocenters.